The minimum atomic E-state index is -4.38. The Morgan fingerprint density at radius 3 is 2.45 bits per heavy atom. The predicted molar refractivity (Wildman–Crippen MR) is 110 cm³/mol. The minimum absolute atomic E-state index is 0.0812. The lowest BCUT2D eigenvalue weighted by Gasteiger charge is -2.39. The number of nitrogens with zero attached hydrogens (tertiary/aromatic N) is 1. The highest BCUT2D eigenvalue weighted by Gasteiger charge is 2.35. The van der Waals surface area contributed by atoms with E-state index in [1.54, 1.807) is 18.2 Å². The van der Waals surface area contributed by atoms with Gasteiger partial charge in [0.05, 0.1) is 24.0 Å². The summed E-state index contributed by atoms with van der Waals surface area (Å²) >= 11 is 0. The molecule has 0 unspecified atom stereocenters. The normalized spacial score (nSPS) is 17.8. The van der Waals surface area contributed by atoms with E-state index >= 15 is 0 Å². The van der Waals surface area contributed by atoms with Gasteiger partial charge in [0.1, 0.15) is 0 Å². The maximum Gasteiger partial charge on any atom is 0.416 e. The van der Waals surface area contributed by atoms with Gasteiger partial charge in [0, 0.05) is 30.2 Å². The molecule has 164 valence electrons. The number of anilines is 3. The molecule has 4 rings (SSSR count). The van der Waals surface area contributed by atoms with Crippen LogP contribution in [0.4, 0.5) is 30.2 Å². The standard InChI is InChI=1S/C22H22F3N3O3/c23-22(24,25)15-1-4-17(5-2-15)28-9-7-21(31,8-10-28)13-20(30)26-16-3-6-18-14(11-16)12-19(29)27-18/h1-6,11,31H,7-10,12-13H2,(H,26,30)(H,27,29). The average Bonchev–Trinajstić information content (AvgIpc) is 3.07. The molecule has 1 saturated heterocycles. The number of carbonyl (C=O) groups excluding carboxylic acids is 2. The summed E-state index contributed by atoms with van der Waals surface area (Å²) in [5, 5.41) is 16.3. The first-order valence-electron chi connectivity index (χ1n) is 9.99. The molecule has 2 aliphatic rings. The van der Waals surface area contributed by atoms with Gasteiger partial charge < -0.3 is 20.6 Å². The van der Waals surface area contributed by atoms with Crippen LogP contribution in [0.25, 0.3) is 0 Å². The van der Waals surface area contributed by atoms with Crippen molar-refractivity contribution in [2.24, 2.45) is 0 Å². The molecule has 2 amide bonds. The van der Waals surface area contributed by atoms with Crippen LogP contribution in [0, 0.1) is 0 Å². The second-order valence-corrected chi connectivity index (χ2v) is 8.08. The first-order valence-corrected chi connectivity index (χ1v) is 9.99. The number of benzene rings is 2. The van der Waals surface area contributed by atoms with Gasteiger partial charge in [0.2, 0.25) is 11.8 Å². The van der Waals surface area contributed by atoms with E-state index in [1.807, 2.05) is 4.90 Å². The molecule has 0 aromatic heterocycles. The molecular formula is C22H22F3N3O3. The van der Waals surface area contributed by atoms with Crippen LogP contribution < -0.4 is 15.5 Å². The molecule has 31 heavy (non-hydrogen) atoms. The summed E-state index contributed by atoms with van der Waals surface area (Å²) in [6, 6.07) is 10.1. The number of aliphatic hydroxyl groups is 1. The van der Waals surface area contributed by atoms with E-state index in [9.17, 15) is 27.9 Å². The number of hydrogen-bond acceptors (Lipinski definition) is 4. The van der Waals surface area contributed by atoms with E-state index < -0.39 is 17.3 Å². The van der Waals surface area contributed by atoms with Gasteiger partial charge in [-0.2, -0.15) is 13.2 Å². The zero-order chi connectivity index (χ0) is 22.2. The predicted octanol–water partition coefficient (Wildman–Crippen LogP) is 3.56. The summed E-state index contributed by atoms with van der Waals surface area (Å²) in [6.45, 7) is 0.865. The van der Waals surface area contributed by atoms with Gasteiger partial charge in [-0.25, -0.2) is 0 Å². The summed E-state index contributed by atoms with van der Waals surface area (Å²) in [5.41, 5.74) is 0.879. The van der Waals surface area contributed by atoms with E-state index in [2.05, 4.69) is 10.6 Å². The number of fused-ring (bicyclic) bond motifs is 1. The van der Waals surface area contributed by atoms with Crippen LogP contribution in [-0.2, 0) is 22.2 Å². The zero-order valence-corrected chi connectivity index (χ0v) is 16.6. The molecule has 2 aromatic rings. The Kier molecular flexibility index (Phi) is 5.38. The SMILES string of the molecule is O=C(CC1(O)CCN(c2ccc(C(F)(F)F)cc2)CC1)Nc1ccc2c(c1)CC(=O)N2. The Balaban J connectivity index is 1.32. The third kappa shape index (κ3) is 4.82. The molecule has 6 nitrogen and oxygen atoms in total. The molecule has 2 aromatic carbocycles. The Hall–Kier alpha value is -3.07. The Morgan fingerprint density at radius 2 is 1.81 bits per heavy atom. The van der Waals surface area contributed by atoms with Crippen molar-refractivity contribution in [2.75, 3.05) is 28.6 Å². The number of halogens is 3. The van der Waals surface area contributed by atoms with E-state index in [0.29, 0.717) is 37.3 Å². The summed E-state index contributed by atoms with van der Waals surface area (Å²) in [5.74, 6) is -0.421. The van der Waals surface area contributed by atoms with Crippen LogP contribution in [0.1, 0.15) is 30.4 Å². The van der Waals surface area contributed by atoms with Gasteiger partial charge in [-0.1, -0.05) is 0 Å². The lowest BCUT2D eigenvalue weighted by Crippen LogP contribution is -2.46. The third-order valence-corrected chi connectivity index (χ3v) is 5.76. The lowest BCUT2D eigenvalue weighted by molar-refractivity contribution is -0.137. The highest BCUT2D eigenvalue weighted by molar-refractivity contribution is 6.00. The summed E-state index contributed by atoms with van der Waals surface area (Å²) < 4.78 is 38.2. The van der Waals surface area contributed by atoms with E-state index in [0.717, 1.165) is 23.4 Å². The number of rotatable bonds is 4. The molecule has 2 aliphatic heterocycles. The summed E-state index contributed by atoms with van der Waals surface area (Å²) in [4.78, 5) is 25.8. The minimum Gasteiger partial charge on any atom is -0.389 e. The van der Waals surface area contributed by atoms with Gasteiger partial charge in [-0.15, -0.1) is 0 Å². The maximum atomic E-state index is 12.7. The monoisotopic (exact) mass is 433 g/mol. The number of piperidine rings is 1. The van der Waals surface area contributed by atoms with Crippen LogP contribution in [0.15, 0.2) is 42.5 Å². The fourth-order valence-electron chi connectivity index (χ4n) is 4.03. The van der Waals surface area contributed by atoms with Gasteiger partial charge in [0.25, 0.3) is 0 Å². The fraction of sp³-hybridized carbons (Fsp3) is 0.364. The van der Waals surface area contributed by atoms with Crippen molar-refractivity contribution in [3.8, 4) is 0 Å². The molecule has 1 fully saturated rings. The molecular weight excluding hydrogens is 411 g/mol. The zero-order valence-electron chi connectivity index (χ0n) is 16.6. The second kappa shape index (κ2) is 7.88. The quantitative estimate of drug-likeness (QED) is 0.689. The van der Waals surface area contributed by atoms with E-state index in [1.165, 1.54) is 12.1 Å². The van der Waals surface area contributed by atoms with Gasteiger partial charge >= 0.3 is 6.18 Å². The highest BCUT2D eigenvalue weighted by Crippen LogP contribution is 2.33. The highest BCUT2D eigenvalue weighted by atomic mass is 19.4. The van der Waals surface area contributed by atoms with Crippen molar-refractivity contribution < 1.29 is 27.9 Å². The fourth-order valence-corrected chi connectivity index (χ4v) is 4.03. The van der Waals surface area contributed by atoms with Crippen molar-refractivity contribution >= 4 is 28.9 Å². The number of alkyl halides is 3. The molecule has 0 atom stereocenters. The van der Waals surface area contributed by atoms with Crippen LogP contribution in [-0.4, -0.2) is 35.6 Å². The lowest BCUT2D eigenvalue weighted by atomic mass is 9.87. The van der Waals surface area contributed by atoms with E-state index in [-0.39, 0.29) is 24.7 Å². The van der Waals surface area contributed by atoms with E-state index in [4.69, 9.17) is 0 Å². The number of nitrogens with one attached hydrogen (secondary N) is 2. The molecule has 0 spiro atoms. The molecule has 0 bridgehead atoms. The van der Waals surface area contributed by atoms with Gasteiger partial charge in [0.15, 0.2) is 0 Å². The largest absolute Gasteiger partial charge is 0.416 e. The Bertz CT molecular complexity index is 997. The first kappa shape index (κ1) is 21.2. The van der Waals surface area contributed by atoms with Crippen LogP contribution in [0.2, 0.25) is 0 Å². The van der Waals surface area contributed by atoms with Crippen molar-refractivity contribution in [1.29, 1.82) is 0 Å². The van der Waals surface area contributed by atoms with Gasteiger partial charge in [-0.3, -0.25) is 9.59 Å². The van der Waals surface area contributed by atoms with Crippen molar-refractivity contribution in [3.05, 3.63) is 53.6 Å². The smallest absolute Gasteiger partial charge is 0.389 e. The maximum absolute atomic E-state index is 12.7. The first-order chi connectivity index (χ1) is 14.6. The average molecular weight is 433 g/mol. The molecule has 9 heteroatoms. The van der Waals surface area contributed by atoms with Crippen LogP contribution >= 0.6 is 0 Å². The number of hydrogen-bond donors (Lipinski definition) is 3. The Morgan fingerprint density at radius 1 is 1.13 bits per heavy atom. The van der Waals surface area contributed by atoms with Crippen molar-refractivity contribution in [1.82, 2.24) is 0 Å². The van der Waals surface area contributed by atoms with Gasteiger partial charge in [-0.05, 0) is 60.9 Å². The molecule has 0 aliphatic carbocycles. The van der Waals surface area contributed by atoms with Crippen molar-refractivity contribution in [3.63, 3.8) is 0 Å². The van der Waals surface area contributed by atoms with Crippen molar-refractivity contribution in [2.45, 2.75) is 37.5 Å². The second-order valence-electron chi connectivity index (χ2n) is 8.08. The van der Waals surface area contributed by atoms with Crippen LogP contribution in [0.3, 0.4) is 0 Å². The molecule has 0 saturated carbocycles. The Labute approximate surface area is 177 Å². The summed E-state index contributed by atoms with van der Waals surface area (Å²) in [6.07, 6.45) is -3.54. The summed E-state index contributed by atoms with van der Waals surface area (Å²) in [7, 11) is 0. The third-order valence-electron chi connectivity index (χ3n) is 5.76. The molecule has 0 radical (unpaired) electrons. The number of carbonyl (C=O) groups is 2. The number of amides is 2. The topological polar surface area (TPSA) is 81.7 Å². The molecule has 3 N–H and O–H groups in total. The molecule has 2 heterocycles. The van der Waals surface area contributed by atoms with Crippen LogP contribution in [0.5, 0.6) is 0 Å².